The van der Waals surface area contributed by atoms with E-state index in [2.05, 4.69) is 11.9 Å². The Morgan fingerprint density at radius 1 is 1.37 bits per heavy atom. The van der Waals surface area contributed by atoms with Gasteiger partial charge in [-0.1, -0.05) is 19.9 Å². The molecule has 2 unspecified atom stereocenters. The van der Waals surface area contributed by atoms with Crippen molar-refractivity contribution in [2.24, 2.45) is 17.8 Å². The Hall–Kier alpha value is -2.21. The molecule has 4 atom stereocenters. The molecule has 1 fully saturated rings. The van der Waals surface area contributed by atoms with Gasteiger partial charge in [-0.3, -0.25) is 4.79 Å². The minimum absolute atomic E-state index is 0.0127. The van der Waals surface area contributed by atoms with E-state index in [9.17, 15) is 13.6 Å². The summed E-state index contributed by atoms with van der Waals surface area (Å²) in [7, 11) is 1.54. The van der Waals surface area contributed by atoms with Crippen molar-refractivity contribution in [3.8, 4) is 0 Å². The maximum absolute atomic E-state index is 14.4. The van der Waals surface area contributed by atoms with Gasteiger partial charge in [-0.05, 0) is 36.3 Å². The largest absolute Gasteiger partial charge is 0.469 e. The predicted molar refractivity (Wildman–Crippen MR) is 99.1 cm³/mol. The third kappa shape index (κ3) is 3.38. The third-order valence-electron chi connectivity index (χ3n) is 5.84. The van der Waals surface area contributed by atoms with E-state index in [-0.39, 0.29) is 48.0 Å². The molecule has 0 bridgehead atoms. The number of carbonyl (C=O) groups is 1. The lowest BCUT2D eigenvalue weighted by atomic mass is 9.69. The summed E-state index contributed by atoms with van der Waals surface area (Å²) < 4.78 is 40.1. The molecule has 1 N–H and O–H groups in total. The number of carbonyl (C=O) groups excluding carboxylic acids is 1. The van der Waals surface area contributed by atoms with Gasteiger partial charge in [-0.15, -0.1) is 6.58 Å². The fourth-order valence-electron chi connectivity index (χ4n) is 4.00. The Balaban J connectivity index is 1.91. The van der Waals surface area contributed by atoms with Crippen LogP contribution in [0.3, 0.4) is 0 Å². The van der Waals surface area contributed by atoms with E-state index in [1.165, 1.54) is 12.1 Å². The number of ketones is 1. The van der Waals surface area contributed by atoms with Gasteiger partial charge < -0.3 is 14.8 Å². The van der Waals surface area contributed by atoms with Crippen LogP contribution in [0, 0.1) is 29.4 Å². The standard InChI is InChI=1S/C21H25F2NO3/c1-5-12(2)15-10-21(20(9-19(15)25)26-11-27-21)13(3)6-14-7-17(23)18(24-4)8-16(14)22/h5,7-9,12-13,15,24H,1,6,10-11H2,2-4H3/t12-,13?,15?,21+/m1/s1. The summed E-state index contributed by atoms with van der Waals surface area (Å²) in [5.74, 6) is -1.02. The van der Waals surface area contributed by atoms with E-state index in [4.69, 9.17) is 9.47 Å². The number of rotatable bonds is 6. The average molecular weight is 377 g/mol. The maximum atomic E-state index is 14.4. The van der Waals surface area contributed by atoms with Crippen LogP contribution in [-0.4, -0.2) is 25.2 Å². The van der Waals surface area contributed by atoms with E-state index in [0.29, 0.717) is 12.2 Å². The molecule has 4 nitrogen and oxygen atoms in total. The molecule has 6 heteroatoms. The normalized spacial score (nSPS) is 26.6. The summed E-state index contributed by atoms with van der Waals surface area (Å²) in [6.07, 6.45) is 3.95. The molecular weight excluding hydrogens is 352 g/mol. The highest BCUT2D eigenvalue weighted by molar-refractivity contribution is 5.94. The number of nitrogens with one attached hydrogen (secondary N) is 1. The van der Waals surface area contributed by atoms with Crippen LogP contribution in [0.5, 0.6) is 0 Å². The second-order valence-corrected chi connectivity index (χ2v) is 7.39. The smallest absolute Gasteiger partial charge is 0.189 e. The van der Waals surface area contributed by atoms with Gasteiger partial charge in [0.25, 0.3) is 0 Å². The van der Waals surface area contributed by atoms with Crippen LogP contribution in [0.25, 0.3) is 0 Å². The van der Waals surface area contributed by atoms with E-state index < -0.39 is 17.2 Å². The van der Waals surface area contributed by atoms with Gasteiger partial charge in [0.2, 0.25) is 0 Å². The van der Waals surface area contributed by atoms with Crippen LogP contribution >= 0.6 is 0 Å². The first-order valence-corrected chi connectivity index (χ1v) is 9.13. The number of allylic oxidation sites excluding steroid dienone is 2. The van der Waals surface area contributed by atoms with Crippen LogP contribution in [0.2, 0.25) is 0 Å². The van der Waals surface area contributed by atoms with Crippen LogP contribution in [-0.2, 0) is 20.7 Å². The number of anilines is 1. The third-order valence-corrected chi connectivity index (χ3v) is 5.84. The fraction of sp³-hybridized carbons (Fsp3) is 0.476. The van der Waals surface area contributed by atoms with Gasteiger partial charge >= 0.3 is 0 Å². The van der Waals surface area contributed by atoms with E-state index in [1.807, 2.05) is 13.8 Å². The quantitative estimate of drug-likeness (QED) is 0.754. The molecule has 1 aromatic carbocycles. The molecular formula is C21H25F2NO3. The molecule has 0 saturated carbocycles. The number of fused-ring (bicyclic) bond motifs is 1. The molecule has 1 aliphatic carbocycles. The van der Waals surface area contributed by atoms with E-state index in [0.717, 1.165) is 6.07 Å². The number of benzene rings is 1. The lowest BCUT2D eigenvalue weighted by molar-refractivity contribution is -0.124. The number of ether oxygens (including phenoxy) is 2. The van der Waals surface area contributed by atoms with E-state index in [1.54, 1.807) is 13.1 Å². The number of halogens is 2. The van der Waals surface area contributed by atoms with Crippen molar-refractivity contribution in [2.75, 3.05) is 19.2 Å². The highest BCUT2D eigenvalue weighted by atomic mass is 19.1. The van der Waals surface area contributed by atoms with Crippen LogP contribution in [0.1, 0.15) is 25.8 Å². The molecule has 0 radical (unpaired) electrons. The Morgan fingerprint density at radius 2 is 2.11 bits per heavy atom. The van der Waals surface area contributed by atoms with Gasteiger partial charge in [-0.2, -0.15) is 0 Å². The van der Waals surface area contributed by atoms with Crippen molar-refractivity contribution >= 4 is 11.5 Å². The molecule has 1 aliphatic heterocycles. The summed E-state index contributed by atoms with van der Waals surface area (Å²) in [4.78, 5) is 12.5. The lowest BCUT2D eigenvalue weighted by Gasteiger charge is -2.39. The highest BCUT2D eigenvalue weighted by Crippen LogP contribution is 2.47. The highest BCUT2D eigenvalue weighted by Gasteiger charge is 2.52. The van der Waals surface area contributed by atoms with Crippen molar-refractivity contribution in [1.29, 1.82) is 0 Å². The van der Waals surface area contributed by atoms with Crippen molar-refractivity contribution in [3.05, 3.63) is 53.8 Å². The Morgan fingerprint density at radius 3 is 2.78 bits per heavy atom. The molecule has 1 aromatic rings. The first-order valence-electron chi connectivity index (χ1n) is 9.13. The number of hydrogen-bond acceptors (Lipinski definition) is 4. The van der Waals surface area contributed by atoms with Crippen molar-refractivity contribution in [3.63, 3.8) is 0 Å². The molecule has 1 heterocycles. The summed E-state index contributed by atoms with van der Waals surface area (Å²) in [6.45, 7) is 7.69. The first kappa shape index (κ1) is 19.5. The Labute approximate surface area is 158 Å². The minimum atomic E-state index is -0.819. The van der Waals surface area contributed by atoms with Gasteiger partial charge in [0.1, 0.15) is 23.0 Å². The summed E-state index contributed by atoms with van der Waals surface area (Å²) in [6, 6.07) is 2.37. The zero-order valence-electron chi connectivity index (χ0n) is 15.9. The van der Waals surface area contributed by atoms with Gasteiger partial charge in [-0.25, -0.2) is 8.78 Å². The summed E-state index contributed by atoms with van der Waals surface area (Å²) in [5, 5.41) is 2.63. The van der Waals surface area contributed by atoms with Gasteiger partial charge in [0.05, 0.1) is 5.69 Å². The molecule has 3 rings (SSSR count). The second-order valence-electron chi connectivity index (χ2n) is 7.39. The van der Waals surface area contributed by atoms with Gasteiger partial charge in [0.15, 0.2) is 12.6 Å². The monoisotopic (exact) mass is 377 g/mol. The SMILES string of the molecule is C=C[C@@H](C)C1C[C@@]2(C(C)Cc3cc(F)c(NC)cc3F)OCOC2=CC1=O. The zero-order valence-corrected chi connectivity index (χ0v) is 15.9. The minimum Gasteiger partial charge on any atom is -0.469 e. The first-order chi connectivity index (χ1) is 12.8. The Bertz CT molecular complexity index is 792. The van der Waals surface area contributed by atoms with Crippen LogP contribution in [0.15, 0.2) is 36.6 Å². The molecule has 0 aromatic heterocycles. The average Bonchev–Trinajstić information content (AvgIpc) is 3.06. The summed E-state index contributed by atoms with van der Waals surface area (Å²) >= 11 is 0. The van der Waals surface area contributed by atoms with Gasteiger partial charge in [0, 0.05) is 25.1 Å². The molecule has 27 heavy (non-hydrogen) atoms. The zero-order chi connectivity index (χ0) is 19.8. The van der Waals surface area contributed by atoms with E-state index >= 15 is 0 Å². The summed E-state index contributed by atoms with van der Waals surface area (Å²) in [5.41, 5.74) is -0.430. The second kappa shape index (κ2) is 7.43. The fourth-order valence-corrected chi connectivity index (χ4v) is 4.00. The molecule has 2 aliphatic rings. The number of hydrogen-bond donors (Lipinski definition) is 1. The molecule has 0 spiro atoms. The molecule has 1 saturated heterocycles. The lowest BCUT2D eigenvalue weighted by Crippen LogP contribution is -2.46. The van der Waals surface area contributed by atoms with Crippen LogP contribution in [0.4, 0.5) is 14.5 Å². The van der Waals surface area contributed by atoms with Crippen molar-refractivity contribution in [2.45, 2.75) is 32.3 Å². The topological polar surface area (TPSA) is 47.6 Å². The van der Waals surface area contributed by atoms with Crippen LogP contribution < -0.4 is 5.32 Å². The van der Waals surface area contributed by atoms with Crippen molar-refractivity contribution in [1.82, 2.24) is 0 Å². The molecule has 0 amide bonds. The van der Waals surface area contributed by atoms with Crippen molar-refractivity contribution < 1.29 is 23.0 Å². The maximum Gasteiger partial charge on any atom is 0.189 e. The molecule has 146 valence electrons. The Kier molecular flexibility index (Phi) is 5.38. The predicted octanol–water partition coefficient (Wildman–Crippen LogP) is 4.22.